The van der Waals surface area contributed by atoms with Crippen molar-refractivity contribution in [3.8, 4) is 23.0 Å². The van der Waals surface area contributed by atoms with Crippen LogP contribution >= 0.6 is 12.6 Å². The summed E-state index contributed by atoms with van der Waals surface area (Å²) >= 11 is 4.63. The quantitative estimate of drug-likeness (QED) is 0.0683. The molecule has 0 saturated heterocycles. The zero-order chi connectivity index (χ0) is 41.7. The molecule has 0 fully saturated rings. The van der Waals surface area contributed by atoms with E-state index in [0.717, 1.165) is 33.6 Å². The number of nitrogens with one attached hydrogen (secondary N) is 2. The zero-order valence-electron chi connectivity index (χ0n) is 33.9. The van der Waals surface area contributed by atoms with Gasteiger partial charge in [-0.15, -0.1) is 0 Å². The largest absolute Gasteiger partial charge is 0.493 e. The van der Waals surface area contributed by atoms with Crippen LogP contribution in [-0.4, -0.2) is 60.5 Å². The fraction of sp³-hybridized carbons (Fsp3) is 0.298. The van der Waals surface area contributed by atoms with Gasteiger partial charge in [-0.2, -0.15) is 12.6 Å². The third-order valence-corrected chi connectivity index (χ3v) is 11.6. The molecule has 13 heteroatoms. The van der Waals surface area contributed by atoms with Gasteiger partial charge < -0.3 is 34.7 Å². The summed E-state index contributed by atoms with van der Waals surface area (Å²) in [4.78, 5) is 36.1. The molecular weight excluding hydrogens is 779 g/mol. The predicted octanol–water partition coefficient (Wildman–Crippen LogP) is 8.32. The third-order valence-electron chi connectivity index (χ3n) is 11.4. The van der Waals surface area contributed by atoms with Crippen LogP contribution in [0.5, 0.6) is 23.0 Å². The Morgan fingerprint density at radius 2 is 1.40 bits per heavy atom. The molecule has 2 amide bonds. The van der Waals surface area contributed by atoms with Gasteiger partial charge in [0.25, 0.3) is 11.8 Å². The molecule has 0 radical (unpaired) electrons. The molecule has 0 bridgehead atoms. The average Bonchev–Trinajstić information content (AvgIpc) is 3.77. The van der Waals surface area contributed by atoms with Crippen LogP contribution in [0, 0.1) is 0 Å². The number of anilines is 4. The summed E-state index contributed by atoms with van der Waals surface area (Å²) in [7, 11) is 3.10. The highest BCUT2D eigenvalue weighted by Gasteiger charge is 2.40. The summed E-state index contributed by atoms with van der Waals surface area (Å²) in [5.41, 5.74) is 8.41. The van der Waals surface area contributed by atoms with Crippen LogP contribution < -0.4 is 39.4 Å². The zero-order valence-corrected chi connectivity index (χ0v) is 34.8. The maximum absolute atomic E-state index is 14.0. The second-order valence-electron chi connectivity index (χ2n) is 16.2. The molecule has 60 heavy (non-hydrogen) atoms. The molecule has 5 aromatic carbocycles. The predicted molar refractivity (Wildman–Crippen MR) is 236 cm³/mol. The number of carbonyl (C=O) groups is 2. The van der Waals surface area contributed by atoms with E-state index < -0.39 is 6.23 Å². The number of carbonyl (C=O) groups excluding carboxylic acids is 2. The van der Waals surface area contributed by atoms with Gasteiger partial charge in [-0.25, -0.2) is 0 Å². The first-order valence-electron chi connectivity index (χ1n) is 20.1. The number of benzene rings is 5. The van der Waals surface area contributed by atoms with Crippen LogP contribution in [0.15, 0.2) is 96.0 Å². The van der Waals surface area contributed by atoms with Gasteiger partial charge in [0.1, 0.15) is 25.6 Å². The van der Waals surface area contributed by atoms with Crippen molar-refractivity contribution < 1.29 is 33.6 Å². The number of amides is 2. The Morgan fingerprint density at radius 1 is 0.800 bits per heavy atom. The highest BCUT2D eigenvalue weighted by molar-refractivity contribution is 7.81. The van der Waals surface area contributed by atoms with E-state index in [-0.39, 0.29) is 42.0 Å². The number of fused-ring (bicyclic) bond motifs is 8. The van der Waals surface area contributed by atoms with Gasteiger partial charge in [-0.05, 0) is 77.6 Å². The van der Waals surface area contributed by atoms with Gasteiger partial charge in [0, 0.05) is 53.0 Å². The molecule has 4 aliphatic rings. The molecule has 0 saturated carbocycles. The first-order valence-corrected chi connectivity index (χ1v) is 20.5. The Morgan fingerprint density at radius 3 is 2.07 bits per heavy atom. The molecule has 4 heterocycles. The molecule has 308 valence electrons. The highest BCUT2D eigenvalue weighted by atomic mass is 32.1. The lowest BCUT2D eigenvalue weighted by Gasteiger charge is -2.33. The van der Waals surface area contributed by atoms with Gasteiger partial charge in [0.2, 0.25) is 0 Å². The lowest BCUT2D eigenvalue weighted by atomic mass is 10.1. The number of methoxy groups -OCH3 is 2. The molecule has 9 rings (SSSR count). The van der Waals surface area contributed by atoms with E-state index in [2.05, 4.69) is 23.3 Å². The molecular formula is C47H47N5O7S. The van der Waals surface area contributed by atoms with E-state index in [0.29, 0.717) is 76.9 Å². The summed E-state index contributed by atoms with van der Waals surface area (Å²) in [5, 5.41) is 17.8. The number of hydrogen-bond donors (Lipinski definition) is 4. The number of hydrogen-bond acceptors (Lipinski definition) is 11. The van der Waals surface area contributed by atoms with E-state index in [9.17, 15) is 14.7 Å². The molecule has 0 aromatic heterocycles. The van der Waals surface area contributed by atoms with Crippen molar-refractivity contribution in [3.05, 3.63) is 124 Å². The second-order valence-corrected chi connectivity index (χ2v) is 17.4. The van der Waals surface area contributed by atoms with Crippen LogP contribution in [0.4, 0.5) is 28.4 Å². The Bertz CT molecular complexity index is 2540. The summed E-state index contributed by atoms with van der Waals surface area (Å²) in [6, 6.07) is 28.5. The topological polar surface area (TPSA) is 134 Å². The molecule has 4 aliphatic heterocycles. The second kappa shape index (κ2) is 15.8. The standard InChI is InChI=1S/C47H47N5O7S/c1-47(2,60)14-13-44(53)49-31-16-27(25-58-41-22-35-33(20-39(41)56-3)45(54)51-32(24-48-35)18-29-9-5-7-11-37(29)51)15-28(17-31)26-59-42-23-36-34(21-40(42)57-4)46(55)52-38-12-8-6-10-30(38)19-43(52)50-36/h5-12,15-17,20-24,32,43-44,49-50,53,60H,13-14,18-19,25-26H2,1-4H3/t32-,43?,44?/m0/s1. The lowest BCUT2D eigenvalue weighted by molar-refractivity contribution is 0.0973. The molecule has 3 N–H and O–H groups in total. The van der Waals surface area contributed by atoms with Crippen LogP contribution in [0.3, 0.4) is 0 Å². The van der Waals surface area contributed by atoms with Gasteiger partial charge in [-0.3, -0.25) is 24.4 Å². The number of aliphatic hydroxyl groups excluding tert-OH is 1. The van der Waals surface area contributed by atoms with Crippen molar-refractivity contribution in [2.45, 2.75) is 75.9 Å². The van der Waals surface area contributed by atoms with E-state index in [4.69, 9.17) is 23.9 Å². The number of ether oxygens (including phenoxy) is 4. The maximum Gasteiger partial charge on any atom is 0.262 e. The SMILES string of the molecule is COc1cc2c(cc1OCc1cc(COc3cc4c(cc3OC)C(=O)N3c5ccccc5CC3N4)cc(NC(O)CCC(C)(C)S)c1)N=C[C@@H]1Cc3ccccc3N1C2=O. The van der Waals surface area contributed by atoms with E-state index in [1.807, 2.05) is 92.9 Å². The van der Waals surface area contributed by atoms with E-state index in [1.165, 1.54) is 0 Å². The maximum atomic E-state index is 14.0. The summed E-state index contributed by atoms with van der Waals surface area (Å²) < 4.78 is 24.1. The number of nitrogens with zero attached hydrogens (tertiary/aromatic N) is 3. The van der Waals surface area contributed by atoms with Crippen LogP contribution in [-0.2, 0) is 26.1 Å². The van der Waals surface area contributed by atoms with Gasteiger partial charge in [-0.1, -0.05) is 50.2 Å². The molecule has 0 aliphatic carbocycles. The van der Waals surface area contributed by atoms with Crippen molar-refractivity contribution in [2.75, 3.05) is 34.7 Å². The fourth-order valence-electron chi connectivity index (χ4n) is 8.47. The van der Waals surface area contributed by atoms with Crippen molar-refractivity contribution in [1.29, 1.82) is 0 Å². The lowest BCUT2D eigenvalue weighted by Crippen LogP contribution is -2.46. The normalized spacial score (nSPS) is 17.6. The monoisotopic (exact) mass is 825 g/mol. The van der Waals surface area contributed by atoms with E-state index >= 15 is 0 Å². The minimum atomic E-state index is -0.825. The average molecular weight is 826 g/mol. The number of aliphatic imine (C=N–C) groups is 1. The Hall–Kier alpha value is -6.18. The van der Waals surface area contributed by atoms with Crippen LogP contribution in [0.25, 0.3) is 0 Å². The summed E-state index contributed by atoms with van der Waals surface area (Å²) in [5.74, 6) is 1.50. The molecule has 2 unspecified atom stereocenters. The highest BCUT2D eigenvalue weighted by Crippen LogP contribution is 2.44. The number of para-hydroxylation sites is 2. The Labute approximate surface area is 354 Å². The van der Waals surface area contributed by atoms with Gasteiger partial charge >= 0.3 is 0 Å². The minimum Gasteiger partial charge on any atom is -0.493 e. The van der Waals surface area contributed by atoms with Crippen LogP contribution in [0.2, 0.25) is 0 Å². The number of thiol groups is 1. The number of aliphatic hydroxyl groups is 1. The Balaban J connectivity index is 0.966. The van der Waals surface area contributed by atoms with Crippen molar-refractivity contribution in [1.82, 2.24) is 0 Å². The minimum absolute atomic E-state index is 0.0949. The molecule has 0 spiro atoms. The van der Waals surface area contributed by atoms with Crippen molar-refractivity contribution in [2.24, 2.45) is 4.99 Å². The smallest absolute Gasteiger partial charge is 0.262 e. The van der Waals surface area contributed by atoms with E-state index in [1.54, 1.807) is 42.2 Å². The Kier molecular flexibility index (Phi) is 10.3. The molecule has 3 atom stereocenters. The van der Waals surface area contributed by atoms with Crippen molar-refractivity contribution >= 4 is 59.1 Å². The first kappa shape index (κ1) is 39.3. The number of rotatable bonds is 13. The van der Waals surface area contributed by atoms with Gasteiger partial charge in [0.15, 0.2) is 23.0 Å². The van der Waals surface area contributed by atoms with Gasteiger partial charge in [0.05, 0.1) is 42.8 Å². The molecule has 12 nitrogen and oxygen atoms in total. The summed E-state index contributed by atoms with van der Waals surface area (Å²) in [6.07, 6.45) is 3.37. The van der Waals surface area contributed by atoms with Crippen LogP contribution in [0.1, 0.15) is 69.7 Å². The fourth-order valence-corrected chi connectivity index (χ4v) is 8.60. The van der Waals surface area contributed by atoms with Crippen molar-refractivity contribution in [3.63, 3.8) is 0 Å². The summed E-state index contributed by atoms with van der Waals surface area (Å²) in [6.45, 7) is 4.30. The molecule has 5 aromatic rings. The third kappa shape index (κ3) is 7.59. The first-order chi connectivity index (χ1) is 29.0.